The summed E-state index contributed by atoms with van der Waals surface area (Å²) in [6.07, 6.45) is -3.64. The summed E-state index contributed by atoms with van der Waals surface area (Å²) >= 11 is 5.55. The molecule has 88 valence electrons. The molecule has 0 aliphatic rings. The molecule has 0 bridgehead atoms. The number of anilines is 1. The first-order chi connectivity index (χ1) is 7.38. The van der Waals surface area contributed by atoms with Gasteiger partial charge in [-0.3, -0.25) is 4.79 Å². The SMILES string of the molecule is O=C(CCC(F)(F)F)Nc1nccnc1Cl. The van der Waals surface area contributed by atoms with Gasteiger partial charge in [0.05, 0.1) is 6.42 Å². The molecule has 1 N–H and O–H groups in total. The zero-order valence-electron chi connectivity index (χ0n) is 7.88. The Morgan fingerprint density at radius 3 is 2.56 bits per heavy atom. The lowest BCUT2D eigenvalue weighted by atomic mass is 10.3. The maximum Gasteiger partial charge on any atom is 0.389 e. The molecule has 0 radical (unpaired) electrons. The number of carbonyl (C=O) groups excluding carboxylic acids is 1. The molecule has 1 aromatic rings. The molecule has 0 aromatic carbocycles. The Hall–Kier alpha value is -1.37. The van der Waals surface area contributed by atoms with Gasteiger partial charge in [0.15, 0.2) is 11.0 Å². The van der Waals surface area contributed by atoms with Gasteiger partial charge in [-0.25, -0.2) is 9.97 Å². The quantitative estimate of drug-likeness (QED) is 0.900. The van der Waals surface area contributed by atoms with E-state index in [4.69, 9.17) is 11.6 Å². The third-order valence-electron chi connectivity index (χ3n) is 1.55. The number of rotatable bonds is 3. The smallest absolute Gasteiger partial charge is 0.308 e. The van der Waals surface area contributed by atoms with Gasteiger partial charge in [-0.1, -0.05) is 11.6 Å². The molecular weight excluding hydrogens is 247 g/mol. The fraction of sp³-hybridized carbons (Fsp3) is 0.375. The van der Waals surface area contributed by atoms with Crippen molar-refractivity contribution in [2.75, 3.05) is 5.32 Å². The Kier molecular flexibility index (Phi) is 4.05. The van der Waals surface area contributed by atoms with E-state index in [1.165, 1.54) is 12.4 Å². The molecule has 0 saturated carbocycles. The molecular formula is C8H7ClF3N3O. The van der Waals surface area contributed by atoms with Crippen molar-refractivity contribution in [2.24, 2.45) is 0 Å². The van der Waals surface area contributed by atoms with Crippen LogP contribution in [0.3, 0.4) is 0 Å². The standard InChI is InChI=1S/C8H7ClF3N3O/c9-6-7(14-4-3-13-6)15-5(16)1-2-8(10,11)12/h3-4H,1-2H2,(H,14,15,16). The van der Waals surface area contributed by atoms with Gasteiger partial charge in [-0.2, -0.15) is 13.2 Å². The minimum absolute atomic E-state index is 0.0451. The van der Waals surface area contributed by atoms with Crippen molar-refractivity contribution in [3.63, 3.8) is 0 Å². The van der Waals surface area contributed by atoms with Gasteiger partial charge in [0.1, 0.15) is 0 Å². The molecule has 0 unspecified atom stereocenters. The number of nitrogens with one attached hydrogen (secondary N) is 1. The Labute approximate surface area is 93.8 Å². The molecule has 1 amide bonds. The number of alkyl halides is 3. The molecule has 1 aromatic heterocycles. The van der Waals surface area contributed by atoms with Crippen LogP contribution in [0, 0.1) is 0 Å². The first-order valence-corrected chi connectivity index (χ1v) is 4.59. The van der Waals surface area contributed by atoms with E-state index in [1.54, 1.807) is 0 Å². The van der Waals surface area contributed by atoms with Crippen LogP contribution in [0.2, 0.25) is 5.15 Å². The molecule has 16 heavy (non-hydrogen) atoms. The van der Waals surface area contributed by atoms with Gasteiger partial charge >= 0.3 is 6.18 Å². The summed E-state index contributed by atoms with van der Waals surface area (Å²) in [5.41, 5.74) is 0. The van der Waals surface area contributed by atoms with Gasteiger partial charge in [-0.05, 0) is 0 Å². The summed E-state index contributed by atoms with van der Waals surface area (Å²) in [5.74, 6) is -0.851. The van der Waals surface area contributed by atoms with Crippen LogP contribution in [-0.2, 0) is 4.79 Å². The van der Waals surface area contributed by atoms with Crippen LogP contribution in [0.4, 0.5) is 19.0 Å². The van der Waals surface area contributed by atoms with Crippen LogP contribution in [-0.4, -0.2) is 22.1 Å². The van der Waals surface area contributed by atoms with E-state index in [1.807, 2.05) is 0 Å². The third-order valence-corrected chi connectivity index (χ3v) is 1.82. The van der Waals surface area contributed by atoms with Gasteiger partial charge in [0.2, 0.25) is 5.91 Å². The second-order valence-electron chi connectivity index (χ2n) is 2.86. The van der Waals surface area contributed by atoms with E-state index in [2.05, 4.69) is 15.3 Å². The number of hydrogen-bond acceptors (Lipinski definition) is 3. The first-order valence-electron chi connectivity index (χ1n) is 4.21. The summed E-state index contributed by atoms with van der Waals surface area (Å²) in [7, 11) is 0. The normalized spacial score (nSPS) is 11.2. The summed E-state index contributed by atoms with van der Waals surface area (Å²) in [5, 5.41) is 2.07. The van der Waals surface area contributed by atoms with Gasteiger partial charge in [0.25, 0.3) is 0 Å². The number of halogens is 4. The minimum Gasteiger partial charge on any atom is -0.308 e. The van der Waals surface area contributed by atoms with Crippen molar-refractivity contribution in [3.8, 4) is 0 Å². The van der Waals surface area contributed by atoms with E-state index < -0.39 is 24.9 Å². The molecule has 0 saturated heterocycles. The summed E-state index contributed by atoms with van der Waals surface area (Å²) in [6, 6.07) is 0. The highest BCUT2D eigenvalue weighted by molar-refractivity contribution is 6.32. The van der Waals surface area contributed by atoms with Gasteiger partial charge < -0.3 is 5.32 Å². The lowest BCUT2D eigenvalue weighted by Crippen LogP contribution is -2.17. The second kappa shape index (κ2) is 5.11. The van der Waals surface area contributed by atoms with E-state index >= 15 is 0 Å². The second-order valence-corrected chi connectivity index (χ2v) is 3.22. The predicted octanol–water partition coefficient (Wildman–Crippen LogP) is 2.41. The summed E-state index contributed by atoms with van der Waals surface area (Å²) in [6.45, 7) is 0. The van der Waals surface area contributed by atoms with Crippen LogP contribution in [0.25, 0.3) is 0 Å². The average Bonchev–Trinajstić information content (AvgIpc) is 2.18. The molecule has 0 spiro atoms. The lowest BCUT2D eigenvalue weighted by Gasteiger charge is -2.07. The minimum atomic E-state index is -4.36. The fourth-order valence-corrected chi connectivity index (χ4v) is 1.01. The Morgan fingerprint density at radius 2 is 2.00 bits per heavy atom. The molecule has 0 fully saturated rings. The third kappa shape index (κ3) is 4.43. The van der Waals surface area contributed by atoms with Crippen molar-refractivity contribution in [2.45, 2.75) is 19.0 Å². The number of nitrogens with zero attached hydrogens (tertiary/aromatic N) is 2. The molecule has 1 rings (SSSR count). The Balaban J connectivity index is 2.50. The van der Waals surface area contributed by atoms with Crippen LogP contribution >= 0.6 is 11.6 Å². The lowest BCUT2D eigenvalue weighted by molar-refractivity contribution is -0.142. The highest BCUT2D eigenvalue weighted by Gasteiger charge is 2.28. The predicted molar refractivity (Wildman–Crippen MR) is 51.0 cm³/mol. The van der Waals surface area contributed by atoms with Crippen LogP contribution in [0.5, 0.6) is 0 Å². The van der Waals surface area contributed by atoms with Crippen LogP contribution in [0.15, 0.2) is 12.4 Å². The highest BCUT2D eigenvalue weighted by Crippen LogP contribution is 2.22. The fourth-order valence-electron chi connectivity index (χ4n) is 0.855. The Bertz CT molecular complexity index is 383. The van der Waals surface area contributed by atoms with E-state index in [9.17, 15) is 18.0 Å². The monoisotopic (exact) mass is 253 g/mol. The van der Waals surface area contributed by atoms with Crippen molar-refractivity contribution in [3.05, 3.63) is 17.5 Å². The molecule has 0 atom stereocenters. The molecule has 4 nitrogen and oxygen atoms in total. The summed E-state index contributed by atoms with van der Waals surface area (Å²) in [4.78, 5) is 18.3. The van der Waals surface area contributed by atoms with E-state index in [0.717, 1.165) is 0 Å². The topological polar surface area (TPSA) is 54.9 Å². The Morgan fingerprint density at radius 1 is 1.38 bits per heavy atom. The number of aromatic nitrogens is 2. The van der Waals surface area contributed by atoms with Gasteiger partial charge in [0, 0.05) is 18.8 Å². The summed E-state index contributed by atoms with van der Waals surface area (Å²) < 4.78 is 35.4. The maximum absolute atomic E-state index is 11.8. The molecule has 1 heterocycles. The number of hydrogen-bond donors (Lipinski definition) is 1. The zero-order chi connectivity index (χ0) is 12.2. The van der Waals surface area contributed by atoms with Crippen molar-refractivity contribution in [1.29, 1.82) is 0 Å². The maximum atomic E-state index is 11.8. The zero-order valence-corrected chi connectivity index (χ0v) is 8.64. The van der Waals surface area contributed by atoms with Crippen molar-refractivity contribution in [1.82, 2.24) is 9.97 Å². The molecule has 0 aliphatic heterocycles. The largest absolute Gasteiger partial charge is 0.389 e. The van der Waals surface area contributed by atoms with Gasteiger partial charge in [-0.15, -0.1) is 0 Å². The highest BCUT2D eigenvalue weighted by atomic mass is 35.5. The molecule has 0 aliphatic carbocycles. The van der Waals surface area contributed by atoms with Crippen molar-refractivity contribution >= 4 is 23.3 Å². The van der Waals surface area contributed by atoms with E-state index in [0.29, 0.717) is 0 Å². The average molecular weight is 254 g/mol. The number of carbonyl (C=O) groups is 1. The molecule has 8 heteroatoms. The van der Waals surface area contributed by atoms with Crippen molar-refractivity contribution < 1.29 is 18.0 Å². The van der Waals surface area contributed by atoms with Crippen LogP contribution in [0.1, 0.15) is 12.8 Å². The van der Waals surface area contributed by atoms with E-state index in [-0.39, 0.29) is 11.0 Å². The first kappa shape index (κ1) is 12.7. The number of amides is 1. The van der Waals surface area contributed by atoms with Crippen LogP contribution < -0.4 is 5.32 Å².